The van der Waals surface area contributed by atoms with Gasteiger partial charge in [0.1, 0.15) is 0 Å². The Morgan fingerprint density at radius 2 is 2.08 bits per heavy atom. The number of hydrogen-bond donors (Lipinski definition) is 1. The van der Waals surface area contributed by atoms with Crippen molar-refractivity contribution in [2.24, 2.45) is 0 Å². The summed E-state index contributed by atoms with van der Waals surface area (Å²) < 4.78 is 0. The topological polar surface area (TPSA) is 58.1 Å². The van der Waals surface area contributed by atoms with E-state index in [0.29, 0.717) is 18.2 Å². The summed E-state index contributed by atoms with van der Waals surface area (Å²) in [5, 5.41) is 3.01. The Labute approximate surface area is 143 Å². The van der Waals surface area contributed by atoms with Crippen molar-refractivity contribution >= 4 is 5.91 Å². The lowest BCUT2D eigenvalue weighted by Gasteiger charge is -2.32. The molecule has 0 aliphatic carbocycles. The van der Waals surface area contributed by atoms with Crippen molar-refractivity contribution in [1.29, 1.82) is 0 Å². The standard InChI is InChI=1S/C19H24N4O/c1-23-13-3-2-4-17(23)9-12-21-19(24)16-5-6-18(22-14-16)15-7-10-20-11-8-15/h5-8,10-11,14,17H,2-4,9,12-13H2,1H3,(H,21,24)/t17-/m0/s1. The van der Waals surface area contributed by atoms with E-state index >= 15 is 0 Å². The molecule has 0 saturated carbocycles. The Morgan fingerprint density at radius 3 is 2.79 bits per heavy atom. The molecular formula is C19H24N4O. The highest BCUT2D eigenvalue weighted by molar-refractivity contribution is 5.94. The minimum absolute atomic E-state index is 0.0535. The Bertz CT molecular complexity index is 657. The van der Waals surface area contributed by atoms with E-state index in [2.05, 4.69) is 27.2 Å². The summed E-state index contributed by atoms with van der Waals surface area (Å²) in [7, 11) is 2.17. The minimum atomic E-state index is -0.0535. The molecule has 3 heterocycles. The number of nitrogens with zero attached hydrogens (tertiary/aromatic N) is 3. The molecule has 1 aliphatic rings. The van der Waals surface area contributed by atoms with Crippen LogP contribution in [0.25, 0.3) is 11.3 Å². The van der Waals surface area contributed by atoms with Crippen LogP contribution in [-0.2, 0) is 0 Å². The summed E-state index contributed by atoms with van der Waals surface area (Å²) in [5.74, 6) is -0.0535. The van der Waals surface area contributed by atoms with Gasteiger partial charge in [0.25, 0.3) is 5.91 Å². The Morgan fingerprint density at radius 1 is 1.25 bits per heavy atom. The Balaban J connectivity index is 1.52. The molecule has 5 nitrogen and oxygen atoms in total. The van der Waals surface area contributed by atoms with Crippen molar-refractivity contribution in [3.05, 3.63) is 48.4 Å². The summed E-state index contributed by atoms with van der Waals surface area (Å²) in [5.41, 5.74) is 2.44. The van der Waals surface area contributed by atoms with Crippen LogP contribution in [0.5, 0.6) is 0 Å². The van der Waals surface area contributed by atoms with Crippen LogP contribution in [0.3, 0.4) is 0 Å². The average Bonchev–Trinajstić information content (AvgIpc) is 2.64. The van der Waals surface area contributed by atoms with Crippen LogP contribution in [0, 0.1) is 0 Å². The Hall–Kier alpha value is -2.27. The molecule has 2 aromatic heterocycles. The molecule has 1 amide bonds. The van der Waals surface area contributed by atoms with Gasteiger partial charge >= 0.3 is 0 Å². The van der Waals surface area contributed by atoms with Gasteiger partial charge in [0.15, 0.2) is 0 Å². The van der Waals surface area contributed by atoms with E-state index < -0.39 is 0 Å². The summed E-state index contributed by atoms with van der Waals surface area (Å²) in [6, 6.07) is 8.10. The maximum Gasteiger partial charge on any atom is 0.252 e. The minimum Gasteiger partial charge on any atom is -0.352 e. The molecule has 1 fully saturated rings. The van der Waals surface area contributed by atoms with Gasteiger partial charge in [-0.2, -0.15) is 0 Å². The van der Waals surface area contributed by atoms with Crippen LogP contribution in [0.15, 0.2) is 42.9 Å². The fourth-order valence-corrected chi connectivity index (χ4v) is 3.18. The van der Waals surface area contributed by atoms with Gasteiger partial charge in [0, 0.05) is 36.7 Å². The second-order valence-electron chi connectivity index (χ2n) is 6.34. The van der Waals surface area contributed by atoms with Crippen molar-refractivity contribution in [2.75, 3.05) is 20.1 Å². The molecule has 0 aromatic carbocycles. The summed E-state index contributed by atoms with van der Waals surface area (Å²) in [6.45, 7) is 1.87. The summed E-state index contributed by atoms with van der Waals surface area (Å²) >= 11 is 0. The zero-order valence-electron chi connectivity index (χ0n) is 14.1. The lowest BCUT2D eigenvalue weighted by molar-refractivity contribution is 0.0945. The van der Waals surface area contributed by atoms with Crippen molar-refractivity contribution in [3.63, 3.8) is 0 Å². The van der Waals surface area contributed by atoms with Gasteiger partial charge in [-0.3, -0.25) is 14.8 Å². The molecular weight excluding hydrogens is 300 g/mol. The second-order valence-corrected chi connectivity index (χ2v) is 6.34. The fraction of sp³-hybridized carbons (Fsp3) is 0.421. The number of likely N-dealkylation sites (tertiary alicyclic amines) is 1. The quantitative estimate of drug-likeness (QED) is 0.919. The highest BCUT2D eigenvalue weighted by atomic mass is 16.1. The van der Waals surface area contributed by atoms with Gasteiger partial charge in [-0.15, -0.1) is 0 Å². The van der Waals surface area contributed by atoms with Crippen LogP contribution in [0.2, 0.25) is 0 Å². The molecule has 24 heavy (non-hydrogen) atoms. The van der Waals surface area contributed by atoms with Gasteiger partial charge in [-0.25, -0.2) is 0 Å². The SMILES string of the molecule is CN1CCCC[C@H]1CCNC(=O)c1ccc(-c2ccncc2)nc1. The monoisotopic (exact) mass is 324 g/mol. The smallest absolute Gasteiger partial charge is 0.252 e. The van der Waals surface area contributed by atoms with Gasteiger partial charge in [0.2, 0.25) is 0 Å². The lowest BCUT2D eigenvalue weighted by atomic mass is 10.0. The third-order valence-electron chi connectivity index (χ3n) is 4.69. The molecule has 1 N–H and O–H groups in total. The van der Waals surface area contributed by atoms with Crippen LogP contribution in [-0.4, -0.2) is 47.0 Å². The summed E-state index contributed by atoms with van der Waals surface area (Å²) in [6.07, 6.45) is 9.93. The first-order valence-electron chi connectivity index (χ1n) is 8.59. The lowest BCUT2D eigenvalue weighted by Crippen LogP contribution is -2.39. The van der Waals surface area contributed by atoms with E-state index in [0.717, 1.165) is 17.7 Å². The van der Waals surface area contributed by atoms with Crippen LogP contribution >= 0.6 is 0 Å². The van der Waals surface area contributed by atoms with E-state index in [1.54, 1.807) is 18.6 Å². The van der Waals surface area contributed by atoms with E-state index in [9.17, 15) is 4.79 Å². The number of carbonyl (C=O) groups is 1. The number of nitrogens with one attached hydrogen (secondary N) is 1. The molecule has 0 spiro atoms. The van der Waals surface area contributed by atoms with Gasteiger partial charge in [-0.1, -0.05) is 6.42 Å². The molecule has 0 radical (unpaired) electrons. The van der Waals surface area contributed by atoms with Crippen molar-refractivity contribution in [3.8, 4) is 11.3 Å². The Kier molecular flexibility index (Phi) is 5.54. The number of hydrogen-bond acceptors (Lipinski definition) is 4. The predicted molar refractivity (Wildman–Crippen MR) is 94.7 cm³/mol. The molecule has 0 bridgehead atoms. The molecule has 3 rings (SSSR count). The fourth-order valence-electron chi connectivity index (χ4n) is 3.18. The normalized spacial score (nSPS) is 18.3. The first-order chi connectivity index (χ1) is 11.7. The molecule has 1 saturated heterocycles. The van der Waals surface area contributed by atoms with E-state index in [1.165, 1.54) is 25.8 Å². The van der Waals surface area contributed by atoms with Crippen LogP contribution < -0.4 is 5.32 Å². The molecule has 2 aromatic rings. The average molecular weight is 324 g/mol. The van der Waals surface area contributed by atoms with E-state index in [-0.39, 0.29) is 5.91 Å². The molecule has 126 valence electrons. The molecule has 1 atom stereocenters. The van der Waals surface area contributed by atoms with Gasteiger partial charge in [-0.05, 0) is 57.1 Å². The maximum atomic E-state index is 12.2. The second kappa shape index (κ2) is 8.02. The number of piperidine rings is 1. The molecule has 5 heteroatoms. The third-order valence-corrected chi connectivity index (χ3v) is 4.69. The number of aromatic nitrogens is 2. The maximum absolute atomic E-state index is 12.2. The third kappa shape index (κ3) is 4.17. The van der Waals surface area contributed by atoms with Crippen molar-refractivity contribution < 1.29 is 4.79 Å². The summed E-state index contributed by atoms with van der Waals surface area (Å²) in [4.78, 5) is 23.0. The van der Waals surface area contributed by atoms with E-state index in [1.807, 2.05) is 24.3 Å². The largest absolute Gasteiger partial charge is 0.352 e. The number of amides is 1. The zero-order chi connectivity index (χ0) is 16.8. The number of carbonyl (C=O) groups excluding carboxylic acids is 1. The van der Waals surface area contributed by atoms with Crippen molar-refractivity contribution in [2.45, 2.75) is 31.7 Å². The number of rotatable bonds is 5. The first kappa shape index (κ1) is 16.6. The zero-order valence-corrected chi connectivity index (χ0v) is 14.1. The predicted octanol–water partition coefficient (Wildman–Crippen LogP) is 2.75. The molecule has 1 aliphatic heterocycles. The molecule has 0 unspecified atom stereocenters. The van der Waals surface area contributed by atoms with Crippen molar-refractivity contribution in [1.82, 2.24) is 20.2 Å². The first-order valence-corrected chi connectivity index (χ1v) is 8.59. The van der Waals surface area contributed by atoms with Crippen LogP contribution in [0.1, 0.15) is 36.0 Å². The highest BCUT2D eigenvalue weighted by Gasteiger charge is 2.18. The van der Waals surface area contributed by atoms with Crippen LogP contribution in [0.4, 0.5) is 0 Å². The van der Waals surface area contributed by atoms with Gasteiger partial charge < -0.3 is 10.2 Å². The van der Waals surface area contributed by atoms with Gasteiger partial charge in [0.05, 0.1) is 11.3 Å². The number of pyridine rings is 2. The highest BCUT2D eigenvalue weighted by Crippen LogP contribution is 2.17. The van der Waals surface area contributed by atoms with E-state index in [4.69, 9.17) is 0 Å².